The Morgan fingerprint density at radius 1 is 0.957 bits per heavy atom. The van der Waals surface area contributed by atoms with Gasteiger partial charge in [0.05, 0.1) is 24.1 Å². The molecular formula is C20H17NO2. The maximum Gasteiger partial charge on any atom is 0.340 e. The fourth-order valence-electron chi connectivity index (χ4n) is 3.41. The fraction of sp³-hybridized carbons (Fsp3) is 0.150. The maximum atomic E-state index is 12.4. The Balaban J connectivity index is 1.99. The third-order valence-electron chi connectivity index (χ3n) is 4.49. The monoisotopic (exact) mass is 303 g/mol. The molecule has 0 saturated carbocycles. The first kappa shape index (κ1) is 13.8. The number of ether oxygens (including phenoxy) is 1. The second kappa shape index (κ2) is 5.43. The summed E-state index contributed by atoms with van der Waals surface area (Å²) >= 11 is 0. The normalized spacial score (nSPS) is 12.4. The van der Waals surface area contributed by atoms with Gasteiger partial charge in [-0.05, 0) is 29.5 Å². The van der Waals surface area contributed by atoms with Gasteiger partial charge in [0.2, 0.25) is 0 Å². The fourth-order valence-corrected chi connectivity index (χ4v) is 3.41. The Morgan fingerprint density at radius 2 is 1.70 bits per heavy atom. The zero-order valence-electron chi connectivity index (χ0n) is 12.9. The van der Waals surface area contributed by atoms with Crippen LogP contribution < -0.4 is 0 Å². The number of methoxy groups -OCH3 is 1. The number of aromatic nitrogens is 1. The topological polar surface area (TPSA) is 42.1 Å². The van der Waals surface area contributed by atoms with Crippen molar-refractivity contribution in [3.63, 3.8) is 0 Å². The molecule has 0 aliphatic heterocycles. The molecule has 23 heavy (non-hydrogen) atoms. The van der Waals surface area contributed by atoms with E-state index in [9.17, 15) is 4.79 Å². The molecule has 114 valence electrons. The van der Waals surface area contributed by atoms with E-state index in [4.69, 9.17) is 4.74 Å². The van der Waals surface area contributed by atoms with E-state index in [0.29, 0.717) is 5.56 Å². The summed E-state index contributed by atoms with van der Waals surface area (Å²) < 4.78 is 5.05. The Bertz CT molecular complexity index is 878. The van der Waals surface area contributed by atoms with Crippen LogP contribution in [0.5, 0.6) is 0 Å². The molecule has 0 atom stereocenters. The van der Waals surface area contributed by atoms with E-state index in [1.54, 1.807) is 0 Å². The molecule has 1 N–H and O–H groups in total. The summed E-state index contributed by atoms with van der Waals surface area (Å²) in [4.78, 5) is 15.9. The smallest absolute Gasteiger partial charge is 0.340 e. The Labute approximate surface area is 134 Å². The molecule has 1 aliphatic carbocycles. The van der Waals surface area contributed by atoms with E-state index in [1.165, 1.54) is 18.2 Å². The number of benzene rings is 2. The van der Waals surface area contributed by atoms with Gasteiger partial charge in [-0.3, -0.25) is 0 Å². The molecule has 0 amide bonds. The molecule has 0 spiro atoms. The zero-order chi connectivity index (χ0) is 15.8. The van der Waals surface area contributed by atoms with E-state index in [-0.39, 0.29) is 5.97 Å². The molecule has 4 rings (SSSR count). The van der Waals surface area contributed by atoms with Crippen LogP contribution in [0.2, 0.25) is 0 Å². The average molecular weight is 303 g/mol. The van der Waals surface area contributed by atoms with E-state index >= 15 is 0 Å². The average Bonchev–Trinajstić information content (AvgIpc) is 3.02. The summed E-state index contributed by atoms with van der Waals surface area (Å²) in [6.45, 7) is 0. The van der Waals surface area contributed by atoms with Gasteiger partial charge in [-0.2, -0.15) is 0 Å². The van der Waals surface area contributed by atoms with Crippen LogP contribution in [0.1, 0.15) is 21.5 Å². The van der Waals surface area contributed by atoms with Gasteiger partial charge in [-0.1, -0.05) is 54.6 Å². The number of hydrogen-bond donors (Lipinski definition) is 1. The van der Waals surface area contributed by atoms with Crippen molar-refractivity contribution in [3.8, 4) is 22.5 Å². The highest BCUT2D eigenvalue weighted by Gasteiger charge is 2.28. The number of carbonyl (C=O) groups excluding carboxylic acids is 1. The van der Waals surface area contributed by atoms with Crippen molar-refractivity contribution in [2.75, 3.05) is 7.11 Å². The highest BCUT2D eigenvalue weighted by molar-refractivity contribution is 6.01. The van der Waals surface area contributed by atoms with Crippen LogP contribution >= 0.6 is 0 Å². The molecule has 3 aromatic rings. The van der Waals surface area contributed by atoms with E-state index in [1.807, 2.05) is 36.4 Å². The Kier molecular flexibility index (Phi) is 3.27. The number of nitrogens with one attached hydrogen (secondary N) is 1. The summed E-state index contributed by atoms with van der Waals surface area (Å²) in [5.41, 5.74) is 7.13. The SMILES string of the molecule is COC(=O)c1c(-c2ccccc2)[nH]c2c1CCc1ccccc1-2. The lowest BCUT2D eigenvalue weighted by atomic mass is 9.88. The van der Waals surface area contributed by atoms with Crippen molar-refractivity contribution in [1.29, 1.82) is 0 Å². The number of aryl methyl sites for hydroxylation is 1. The van der Waals surface area contributed by atoms with E-state index in [2.05, 4.69) is 23.2 Å². The number of fused-ring (bicyclic) bond motifs is 3. The zero-order valence-corrected chi connectivity index (χ0v) is 12.9. The minimum Gasteiger partial charge on any atom is -0.465 e. The third kappa shape index (κ3) is 2.16. The van der Waals surface area contributed by atoms with Crippen molar-refractivity contribution in [3.05, 3.63) is 71.3 Å². The molecule has 1 aliphatic rings. The molecule has 1 heterocycles. The summed E-state index contributed by atoms with van der Waals surface area (Å²) in [6, 6.07) is 18.3. The largest absolute Gasteiger partial charge is 0.465 e. The molecule has 3 heteroatoms. The van der Waals surface area contributed by atoms with Gasteiger partial charge in [0.15, 0.2) is 0 Å². The summed E-state index contributed by atoms with van der Waals surface area (Å²) in [7, 11) is 1.44. The molecule has 0 saturated heterocycles. The lowest BCUT2D eigenvalue weighted by Gasteiger charge is -2.16. The summed E-state index contributed by atoms with van der Waals surface area (Å²) in [5, 5.41) is 0. The second-order valence-electron chi connectivity index (χ2n) is 5.74. The highest BCUT2D eigenvalue weighted by Crippen LogP contribution is 2.39. The van der Waals surface area contributed by atoms with Crippen molar-refractivity contribution >= 4 is 5.97 Å². The predicted molar refractivity (Wildman–Crippen MR) is 90.4 cm³/mol. The Morgan fingerprint density at radius 3 is 2.48 bits per heavy atom. The van der Waals surface area contributed by atoms with Gasteiger partial charge in [-0.25, -0.2) is 4.79 Å². The third-order valence-corrected chi connectivity index (χ3v) is 4.49. The number of aromatic amines is 1. The van der Waals surface area contributed by atoms with Gasteiger partial charge in [-0.15, -0.1) is 0 Å². The minimum atomic E-state index is -0.277. The first-order valence-electron chi connectivity index (χ1n) is 7.76. The van der Waals surface area contributed by atoms with Crippen LogP contribution in [0.3, 0.4) is 0 Å². The van der Waals surface area contributed by atoms with Gasteiger partial charge < -0.3 is 9.72 Å². The number of esters is 1. The maximum absolute atomic E-state index is 12.4. The van der Waals surface area contributed by atoms with E-state index < -0.39 is 0 Å². The van der Waals surface area contributed by atoms with Crippen LogP contribution in [0.15, 0.2) is 54.6 Å². The summed E-state index contributed by atoms with van der Waals surface area (Å²) in [5.74, 6) is -0.277. The van der Waals surface area contributed by atoms with Crippen LogP contribution in [-0.4, -0.2) is 18.1 Å². The van der Waals surface area contributed by atoms with Gasteiger partial charge in [0.25, 0.3) is 0 Å². The number of hydrogen-bond acceptors (Lipinski definition) is 2. The highest BCUT2D eigenvalue weighted by atomic mass is 16.5. The van der Waals surface area contributed by atoms with Crippen LogP contribution in [0.4, 0.5) is 0 Å². The lowest BCUT2D eigenvalue weighted by Crippen LogP contribution is -2.09. The molecule has 1 aromatic heterocycles. The molecule has 0 unspecified atom stereocenters. The van der Waals surface area contributed by atoms with Crippen molar-refractivity contribution < 1.29 is 9.53 Å². The minimum absolute atomic E-state index is 0.277. The number of rotatable bonds is 2. The number of carbonyl (C=O) groups is 1. The predicted octanol–water partition coefficient (Wildman–Crippen LogP) is 4.23. The molecule has 0 fully saturated rings. The second-order valence-corrected chi connectivity index (χ2v) is 5.74. The van der Waals surface area contributed by atoms with Crippen molar-refractivity contribution in [2.24, 2.45) is 0 Å². The van der Waals surface area contributed by atoms with Gasteiger partial charge >= 0.3 is 5.97 Å². The van der Waals surface area contributed by atoms with Crippen LogP contribution in [0, 0.1) is 0 Å². The quantitative estimate of drug-likeness (QED) is 0.720. The van der Waals surface area contributed by atoms with Gasteiger partial charge in [0, 0.05) is 5.56 Å². The van der Waals surface area contributed by atoms with E-state index in [0.717, 1.165) is 35.4 Å². The molecule has 0 bridgehead atoms. The molecule has 0 radical (unpaired) electrons. The van der Waals surface area contributed by atoms with Crippen LogP contribution in [0.25, 0.3) is 22.5 Å². The first-order chi connectivity index (χ1) is 11.3. The van der Waals surface area contributed by atoms with Crippen molar-refractivity contribution in [1.82, 2.24) is 4.98 Å². The Hall–Kier alpha value is -2.81. The van der Waals surface area contributed by atoms with Gasteiger partial charge in [0.1, 0.15) is 0 Å². The first-order valence-corrected chi connectivity index (χ1v) is 7.76. The molecule has 3 nitrogen and oxygen atoms in total. The lowest BCUT2D eigenvalue weighted by molar-refractivity contribution is 0.0600. The molecular weight excluding hydrogens is 286 g/mol. The standard InChI is InChI=1S/C20H17NO2/c1-23-20(22)17-16-12-11-13-7-5-6-10-15(13)19(16)21-18(17)14-8-3-2-4-9-14/h2-10,21H,11-12H2,1H3. The van der Waals surface area contributed by atoms with Crippen LogP contribution in [-0.2, 0) is 17.6 Å². The molecule has 2 aromatic carbocycles. The summed E-state index contributed by atoms with van der Waals surface area (Å²) in [6.07, 6.45) is 1.79. The number of H-pyrrole nitrogens is 1. The van der Waals surface area contributed by atoms with Crippen molar-refractivity contribution in [2.45, 2.75) is 12.8 Å².